The second-order valence-corrected chi connectivity index (χ2v) is 5.46. The number of rotatable bonds is 4. The number of fused-ring (bicyclic) bond motifs is 1. The van der Waals surface area contributed by atoms with Crippen LogP contribution in [0.4, 0.5) is 5.69 Å². The van der Waals surface area contributed by atoms with Crippen molar-refractivity contribution in [3.63, 3.8) is 0 Å². The van der Waals surface area contributed by atoms with Crippen molar-refractivity contribution in [3.05, 3.63) is 52.6 Å². The number of H-pyrrole nitrogens is 1. The van der Waals surface area contributed by atoms with Gasteiger partial charge in [-0.2, -0.15) is 0 Å². The van der Waals surface area contributed by atoms with Crippen LogP contribution in [-0.2, 0) is 6.42 Å². The van der Waals surface area contributed by atoms with E-state index in [9.17, 15) is 10.1 Å². The molecule has 0 fully saturated rings. The van der Waals surface area contributed by atoms with Crippen LogP contribution < -0.4 is 0 Å². The highest BCUT2D eigenvalue weighted by molar-refractivity contribution is 7.99. The molecule has 2 aromatic heterocycles. The van der Waals surface area contributed by atoms with Crippen LogP contribution >= 0.6 is 11.8 Å². The van der Waals surface area contributed by atoms with E-state index >= 15 is 0 Å². The highest BCUT2D eigenvalue weighted by atomic mass is 32.2. The number of aryl methyl sites for hydroxylation is 1. The number of aromatic nitrogens is 3. The van der Waals surface area contributed by atoms with E-state index < -0.39 is 0 Å². The molecular formula is C14H12N4O2S. The molecule has 7 heteroatoms. The van der Waals surface area contributed by atoms with Gasteiger partial charge < -0.3 is 4.98 Å². The molecule has 0 saturated heterocycles. The molecule has 0 amide bonds. The van der Waals surface area contributed by atoms with Gasteiger partial charge in [-0.25, -0.2) is 4.98 Å². The Bertz CT molecular complexity index is 816. The standard InChI is InChI=1S/C14H12N4O2S/c1-2-9-7-16-14(17-9)21-13-4-3-12(18(19)20)11-8-15-6-5-10(11)13/h3-8H,2H2,1H3,(H,16,17). The Morgan fingerprint density at radius 2 is 2.14 bits per heavy atom. The zero-order chi connectivity index (χ0) is 14.8. The summed E-state index contributed by atoms with van der Waals surface area (Å²) >= 11 is 1.46. The van der Waals surface area contributed by atoms with Gasteiger partial charge in [-0.05, 0) is 18.6 Å². The molecule has 0 aliphatic heterocycles. The van der Waals surface area contributed by atoms with Crippen molar-refractivity contribution in [3.8, 4) is 0 Å². The molecular weight excluding hydrogens is 288 g/mol. The molecule has 0 unspecified atom stereocenters. The fourth-order valence-electron chi connectivity index (χ4n) is 2.07. The number of benzene rings is 1. The Hall–Kier alpha value is -2.41. The number of nitro groups is 1. The number of hydrogen-bond acceptors (Lipinski definition) is 5. The van der Waals surface area contributed by atoms with E-state index in [4.69, 9.17) is 0 Å². The van der Waals surface area contributed by atoms with E-state index in [1.807, 2.05) is 0 Å². The summed E-state index contributed by atoms with van der Waals surface area (Å²) in [7, 11) is 0. The first-order valence-electron chi connectivity index (χ1n) is 6.42. The number of imidazole rings is 1. The minimum absolute atomic E-state index is 0.0659. The molecule has 2 heterocycles. The lowest BCUT2D eigenvalue weighted by atomic mass is 10.1. The van der Waals surface area contributed by atoms with Gasteiger partial charge in [0.15, 0.2) is 5.16 Å². The topological polar surface area (TPSA) is 84.7 Å². The molecule has 106 valence electrons. The van der Waals surface area contributed by atoms with Crippen LogP contribution in [0.15, 0.2) is 46.8 Å². The largest absolute Gasteiger partial charge is 0.337 e. The third kappa shape index (κ3) is 2.59. The summed E-state index contributed by atoms with van der Waals surface area (Å²) in [6.45, 7) is 2.05. The smallest absolute Gasteiger partial charge is 0.278 e. The highest BCUT2D eigenvalue weighted by Crippen LogP contribution is 2.35. The maximum Gasteiger partial charge on any atom is 0.278 e. The number of pyridine rings is 1. The summed E-state index contributed by atoms with van der Waals surface area (Å²) < 4.78 is 0. The van der Waals surface area contributed by atoms with E-state index in [2.05, 4.69) is 21.9 Å². The van der Waals surface area contributed by atoms with Crippen molar-refractivity contribution in [2.24, 2.45) is 0 Å². The predicted molar refractivity (Wildman–Crippen MR) is 80.5 cm³/mol. The van der Waals surface area contributed by atoms with E-state index in [0.29, 0.717) is 5.39 Å². The first-order chi connectivity index (χ1) is 10.2. The number of nitrogens with zero attached hydrogens (tertiary/aromatic N) is 3. The average molecular weight is 300 g/mol. The molecule has 0 aliphatic carbocycles. The Morgan fingerprint density at radius 3 is 2.86 bits per heavy atom. The first kappa shape index (κ1) is 13.6. The summed E-state index contributed by atoms with van der Waals surface area (Å²) in [5.74, 6) is 0. The van der Waals surface area contributed by atoms with Gasteiger partial charge in [0.2, 0.25) is 0 Å². The number of hydrogen-bond donors (Lipinski definition) is 1. The third-order valence-corrected chi connectivity index (χ3v) is 4.12. The minimum Gasteiger partial charge on any atom is -0.337 e. The van der Waals surface area contributed by atoms with Gasteiger partial charge in [0, 0.05) is 40.6 Å². The van der Waals surface area contributed by atoms with Gasteiger partial charge in [-0.3, -0.25) is 15.1 Å². The quantitative estimate of drug-likeness (QED) is 0.588. The molecule has 0 aliphatic rings. The predicted octanol–water partition coefficient (Wildman–Crippen LogP) is 3.58. The molecule has 3 rings (SSSR count). The Morgan fingerprint density at radius 1 is 1.29 bits per heavy atom. The molecule has 0 saturated carbocycles. The molecule has 3 aromatic rings. The monoisotopic (exact) mass is 300 g/mol. The lowest BCUT2D eigenvalue weighted by molar-refractivity contribution is -0.383. The molecule has 0 radical (unpaired) electrons. The van der Waals surface area contributed by atoms with E-state index in [1.165, 1.54) is 24.0 Å². The second kappa shape index (κ2) is 5.53. The maximum absolute atomic E-state index is 11.1. The number of nitro benzene ring substituents is 1. The van der Waals surface area contributed by atoms with Crippen LogP contribution in [0.3, 0.4) is 0 Å². The third-order valence-electron chi connectivity index (χ3n) is 3.14. The van der Waals surface area contributed by atoms with Crippen LogP contribution in [0, 0.1) is 10.1 Å². The van der Waals surface area contributed by atoms with Crippen molar-refractivity contribution in [1.29, 1.82) is 0 Å². The zero-order valence-electron chi connectivity index (χ0n) is 11.2. The van der Waals surface area contributed by atoms with E-state index in [0.717, 1.165) is 27.6 Å². The average Bonchev–Trinajstić information content (AvgIpc) is 2.95. The van der Waals surface area contributed by atoms with Gasteiger partial charge >= 0.3 is 0 Å². The van der Waals surface area contributed by atoms with E-state index in [-0.39, 0.29) is 10.6 Å². The number of aromatic amines is 1. The first-order valence-corrected chi connectivity index (χ1v) is 7.23. The number of non-ortho nitro benzene ring substituents is 1. The summed E-state index contributed by atoms with van der Waals surface area (Å²) in [5.41, 5.74) is 1.13. The summed E-state index contributed by atoms with van der Waals surface area (Å²) in [6, 6.07) is 5.05. The minimum atomic E-state index is -0.388. The van der Waals surface area contributed by atoms with Crippen molar-refractivity contribution < 1.29 is 4.92 Å². The molecule has 0 atom stereocenters. The van der Waals surface area contributed by atoms with Crippen LogP contribution in [0.5, 0.6) is 0 Å². The fourth-order valence-corrected chi connectivity index (χ4v) is 2.99. The summed E-state index contributed by atoms with van der Waals surface area (Å²) in [6.07, 6.45) is 5.85. The van der Waals surface area contributed by atoms with Crippen molar-refractivity contribution >= 4 is 28.2 Å². The second-order valence-electron chi connectivity index (χ2n) is 4.43. The number of nitrogens with one attached hydrogen (secondary N) is 1. The van der Waals surface area contributed by atoms with Crippen molar-refractivity contribution in [2.75, 3.05) is 0 Å². The Labute approximate surface area is 124 Å². The maximum atomic E-state index is 11.1. The molecule has 1 aromatic carbocycles. The van der Waals surface area contributed by atoms with Crippen molar-refractivity contribution in [1.82, 2.24) is 15.0 Å². The lowest BCUT2D eigenvalue weighted by Gasteiger charge is -2.04. The van der Waals surface area contributed by atoms with Gasteiger partial charge in [-0.15, -0.1) is 0 Å². The van der Waals surface area contributed by atoms with Gasteiger partial charge in [0.1, 0.15) is 0 Å². The van der Waals surface area contributed by atoms with Crippen molar-refractivity contribution in [2.45, 2.75) is 23.4 Å². The molecule has 0 bridgehead atoms. The van der Waals surface area contributed by atoms with Gasteiger partial charge in [0.25, 0.3) is 5.69 Å². The molecule has 6 nitrogen and oxygen atoms in total. The molecule has 21 heavy (non-hydrogen) atoms. The van der Waals surface area contributed by atoms with E-state index in [1.54, 1.807) is 24.5 Å². The lowest BCUT2D eigenvalue weighted by Crippen LogP contribution is -1.91. The molecule has 1 N–H and O–H groups in total. The normalized spacial score (nSPS) is 10.9. The Balaban J connectivity index is 2.07. The SMILES string of the molecule is CCc1cnc(Sc2ccc([N+](=O)[O-])c3cnccc23)[nH]1. The van der Waals surface area contributed by atoms with Crippen LogP contribution in [0.25, 0.3) is 10.8 Å². The zero-order valence-corrected chi connectivity index (χ0v) is 12.1. The van der Waals surface area contributed by atoms with Crippen LogP contribution in [-0.4, -0.2) is 19.9 Å². The fraction of sp³-hybridized carbons (Fsp3) is 0.143. The van der Waals surface area contributed by atoms with Gasteiger partial charge in [0.05, 0.1) is 10.3 Å². The molecule has 0 spiro atoms. The summed E-state index contributed by atoms with van der Waals surface area (Å²) in [4.78, 5) is 23.1. The van der Waals surface area contributed by atoms with Crippen LogP contribution in [0.1, 0.15) is 12.6 Å². The Kier molecular flexibility index (Phi) is 3.57. The highest BCUT2D eigenvalue weighted by Gasteiger charge is 2.15. The van der Waals surface area contributed by atoms with Gasteiger partial charge in [-0.1, -0.05) is 18.7 Å². The van der Waals surface area contributed by atoms with Crippen LogP contribution in [0.2, 0.25) is 0 Å². The summed E-state index contributed by atoms with van der Waals surface area (Å²) in [5, 5.41) is 13.2.